The van der Waals surface area contributed by atoms with E-state index in [1.165, 1.54) is 6.07 Å². The Kier molecular flexibility index (Phi) is 5.42. The largest absolute Gasteiger partial charge is 0.366 e. The van der Waals surface area contributed by atoms with Crippen molar-refractivity contribution in [2.45, 2.75) is 17.9 Å². The summed E-state index contributed by atoms with van der Waals surface area (Å²) >= 11 is 0. The number of anilines is 1. The molecule has 114 valence electrons. The zero-order valence-electron chi connectivity index (χ0n) is 11.8. The summed E-state index contributed by atoms with van der Waals surface area (Å²) in [4.78, 5) is 2.11. The van der Waals surface area contributed by atoms with Crippen LogP contribution in [0.4, 0.5) is 5.69 Å². The Labute approximate surface area is 135 Å². The van der Waals surface area contributed by atoms with Crippen LogP contribution >= 0.6 is 10.7 Å². The van der Waals surface area contributed by atoms with Crippen molar-refractivity contribution < 1.29 is 8.42 Å². The molecule has 0 aromatic heterocycles. The van der Waals surface area contributed by atoms with Crippen LogP contribution in [0.2, 0.25) is 0 Å². The van der Waals surface area contributed by atoms with Gasteiger partial charge in [0.15, 0.2) is 0 Å². The summed E-state index contributed by atoms with van der Waals surface area (Å²) in [5.41, 5.74) is 1.81. The number of hydrogen-bond donors (Lipinski definition) is 0. The summed E-state index contributed by atoms with van der Waals surface area (Å²) in [6.07, 6.45) is 0.391. The lowest BCUT2D eigenvalue weighted by Gasteiger charge is -2.24. The van der Waals surface area contributed by atoms with Crippen molar-refractivity contribution in [3.8, 4) is 6.07 Å². The smallest absolute Gasteiger partial charge is 0.261 e. The first-order chi connectivity index (χ1) is 10.5. The third kappa shape index (κ3) is 4.48. The minimum Gasteiger partial charge on any atom is -0.366 e. The molecule has 0 aliphatic rings. The van der Waals surface area contributed by atoms with Crippen molar-refractivity contribution in [3.05, 3.63) is 60.2 Å². The maximum absolute atomic E-state index is 11.4. The monoisotopic (exact) mass is 334 g/mol. The van der Waals surface area contributed by atoms with E-state index in [0.29, 0.717) is 19.5 Å². The van der Waals surface area contributed by atoms with Crippen molar-refractivity contribution in [1.82, 2.24) is 0 Å². The van der Waals surface area contributed by atoms with Crippen LogP contribution in [0.25, 0.3) is 0 Å². The van der Waals surface area contributed by atoms with Gasteiger partial charge in [-0.2, -0.15) is 5.26 Å². The molecular formula is C16H15ClN2O2S. The molecule has 2 aromatic carbocycles. The molecule has 0 aliphatic carbocycles. The summed E-state index contributed by atoms with van der Waals surface area (Å²) in [5, 5.41) is 8.81. The van der Waals surface area contributed by atoms with Gasteiger partial charge in [0.1, 0.15) is 0 Å². The minimum absolute atomic E-state index is 0.0833. The average molecular weight is 335 g/mol. The third-order valence-corrected chi connectivity index (χ3v) is 4.52. The number of rotatable bonds is 6. The van der Waals surface area contributed by atoms with Gasteiger partial charge < -0.3 is 4.90 Å². The molecule has 0 unspecified atom stereocenters. The van der Waals surface area contributed by atoms with Gasteiger partial charge in [-0.15, -0.1) is 0 Å². The number of halogens is 1. The van der Waals surface area contributed by atoms with Crippen molar-refractivity contribution >= 4 is 25.4 Å². The van der Waals surface area contributed by atoms with Crippen LogP contribution in [0, 0.1) is 11.3 Å². The summed E-state index contributed by atoms with van der Waals surface area (Å²) in [6, 6.07) is 18.4. The van der Waals surface area contributed by atoms with E-state index in [-0.39, 0.29) is 4.90 Å². The highest BCUT2D eigenvalue weighted by molar-refractivity contribution is 8.13. The number of para-hydroxylation sites is 1. The Morgan fingerprint density at radius 2 is 1.82 bits per heavy atom. The molecule has 0 saturated carbocycles. The van der Waals surface area contributed by atoms with Gasteiger partial charge in [0, 0.05) is 29.5 Å². The van der Waals surface area contributed by atoms with Crippen LogP contribution in [0.3, 0.4) is 0 Å². The van der Waals surface area contributed by atoms with Crippen LogP contribution < -0.4 is 4.90 Å². The number of nitriles is 1. The second-order valence-electron chi connectivity index (χ2n) is 4.75. The van der Waals surface area contributed by atoms with E-state index in [1.54, 1.807) is 12.1 Å². The number of benzene rings is 2. The molecule has 0 radical (unpaired) electrons. The number of hydrogen-bond acceptors (Lipinski definition) is 4. The predicted molar refractivity (Wildman–Crippen MR) is 87.2 cm³/mol. The van der Waals surface area contributed by atoms with Crippen molar-refractivity contribution in [1.29, 1.82) is 5.26 Å². The lowest BCUT2D eigenvalue weighted by atomic mass is 10.2. The third-order valence-electron chi connectivity index (χ3n) is 3.17. The quantitative estimate of drug-likeness (QED) is 0.758. The van der Waals surface area contributed by atoms with E-state index in [4.69, 9.17) is 15.9 Å². The maximum atomic E-state index is 11.4. The molecule has 0 heterocycles. The van der Waals surface area contributed by atoms with Gasteiger partial charge in [-0.25, -0.2) is 8.42 Å². The minimum atomic E-state index is -3.74. The van der Waals surface area contributed by atoms with Crippen LogP contribution in [0.5, 0.6) is 0 Å². The SMILES string of the molecule is N#CCCN(Cc1cccc(S(=O)(=O)Cl)c1)c1ccccc1. The van der Waals surface area contributed by atoms with Gasteiger partial charge in [-0.05, 0) is 29.8 Å². The summed E-state index contributed by atoms with van der Waals surface area (Å²) < 4.78 is 22.8. The molecule has 0 saturated heterocycles. The van der Waals surface area contributed by atoms with Crippen molar-refractivity contribution in [3.63, 3.8) is 0 Å². The van der Waals surface area contributed by atoms with Gasteiger partial charge in [0.25, 0.3) is 9.05 Å². The van der Waals surface area contributed by atoms with E-state index in [2.05, 4.69) is 6.07 Å². The average Bonchev–Trinajstić information content (AvgIpc) is 2.52. The van der Waals surface area contributed by atoms with Gasteiger partial charge in [0.2, 0.25) is 0 Å². The summed E-state index contributed by atoms with van der Waals surface area (Å²) in [7, 11) is 1.64. The zero-order chi connectivity index (χ0) is 16.0. The molecule has 4 nitrogen and oxygen atoms in total. The molecular weight excluding hydrogens is 320 g/mol. The highest BCUT2D eigenvalue weighted by Crippen LogP contribution is 2.20. The molecule has 0 bridgehead atoms. The van der Waals surface area contributed by atoms with Gasteiger partial charge in [0.05, 0.1) is 17.4 Å². The second kappa shape index (κ2) is 7.30. The highest BCUT2D eigenvalue weighted by Gasteiger charge is 2.12. The molecule has 0 fully saturated rings. The predicted octanol–water partition coefficient (Wildman–Crippen LogP) is 3.53. The van der Waals surface area contributed by atoms with Crippen LogP contribution in [-0.2, 0) is 15.6 Å². The van der Waals surface area contributed by atoms with E-state index >= 15 is 0 Å². The Balaban J connectivity index is 2.26. The van der Waals surface area contributed by atoms with Gasteiger partial charge >= 0.3 is 0 Å². The van der Waals surface area contributed by atoms with E-state index in [9.17, 15) is 8.42 Å². The first-order valence-corrected chi connectivity index (χ1v) is 9.02. The fraction of sp³-hybridized carbons (Fsp3) is 0.188. The van der Waals surface area contributed by atoms with Crippen LogP contribution in [0.1, 0.15) is 12.0 Å². The second-order valence-corrected chi connectivity index (χ2v) is 7.32. The lowest BCUT2D eigenvalue weighted by molar-refractivity contribution is 0.609. The summed E-state index contributed by atoms with van der Waals surface area (Å²) in [5.74, 6) is 0. The molecule has 2 aromatic rings. The molecule has 22 heavy (non-hydrogen) atoms. The number of nitrogens with zero attached hydrogens (tertiary/aromatic N) is 2. The van der Waals surface area contributed by atoms with Crippen LogP contribution in [0.15, 0.2) is 59.5 Å². The Bertz CT molecular complexity index is 770. The molecule has 6 heteroatoms. The van der Waals surface area contributed by atoms with E-state index in [1.807, 2.05) is 41.3 Å². The Hall–Kier alpha value is -2.03. The molecule has 0 spiro atoms. The van der Waals surface area contributed by atoms with E-state index < -0.39 is 9.05 Å². The standard InChI is InChI=1S/C16H15ClN2O2S/c17-22(20,21)16-9-4-6-14(12-16)13-19(11-5-10-18)15-7-2-1-3-8-15/h1-4,6-9,12H,5,11,13H2. The Morgan fingerprint density at radius 3 is 2.45 bits per heavy atom. The van der Waals surface area contributed by atoms with E-state index in [0.717, 1.165) is 11.3 Å². The van der Waals surface area contributed by atoms with Crippen LogP contribution in [-0.4, -0.2) is 15.0 Å². The molecule has 0 aliphatic heterocycles. The molecule has 0 atom stereocenters. The van der Waals surface area contributed by atoms with Crippen molar-refractivity contribution in [2.24, 2.45) is 0 Å². The topological polar surface area (TPSA) is 61.2 Å². The Morgan fingerprint density at radius 1 is 1.09 bits per heavy atom. The first-order valence-electron chi connectivity index (χ1n) is 6.71. The van der Waals surface area contributed by atoms with Gasteiger partial charge in [-0.3, -0.25) is 0 Å². The normalized spacial score (nSPS) is 10.9. The summed E-state index contributed by atoms with van der Waals surface area (Å²) in [6.45, 7) is 1.07. The maximum Gasteiger partial charge on any atom is 0.261 e. The molecule has 2 rings (SSSR count). The fourth-order valence-corrected chi connectivity index (χ4v) is 2.96. The zero-order valence-corrected chi connectivity index (χ0v) is 13.4. The fourth-order valence-electron chi connectivity index (χ4n) is 2.14. The van der Waals surface area contributed by atoms with Crippen molar-refractivity contribution in [2.75, 3.05) is 11.4 Å². The highest BCUT2D eigenvalue weighted by atomic mass is 35.7. The first kappa shape index (κ1) is 16.3. The van der Waals surface area contributed by atoms with Gasteiger partial charge in [-0.1, -0.05) is 30.3 Å². The molecule has 0 amide bonds. The molecule has 0 N–H and O–H groups in total. The lowest BCUT2D eigenvalue weighted by Crippen LogP contribution is -2.23.